The van der Waals surface area contributed by atoms with E-state index < -0.39 is 0 Å². The topological polar surface area (TPSA) is 35.8 Å². The highest BCUT2D eigenvalue weighted by atomic mass is 19.1. The van der Waals surface area contributed by atoms with Crippen LogP contribution in [0.5, 0.6) is 0 Å². The lowest BCUT2D eigenvalue weighted by Gasteiger charge is -2.16. The van der Waals surface area contributed by atoms with Crippen molar-refractivity contribution in [2.75, 3.05) is 5.32 Å². The van der Waals surface area contributed by atoms with Gasteiger partial charge >= 0.3 is 0 Å². The number of nitriles is 1. The van der Waals surface area contributed by atoms with Crippen LogP contribution in [-0.4, -0.2) is 0 Å². The van der Waals surface area contributed by atoms with Crippen molar-refractivity contribution in [3.8, 4) is 6.07 Å². The van der Waals surface area contributed by atoms with Crippen LogP contribution >= 0.6 is 0 Å². The Kier molecular flexibility index (Phi) is 3.82. The standard InChI is InChI=1S/C16H15FN2/c1-11-9-15(7-8-16(11)17)19-12(2)14-5-3-13(10-18)4-6-14/h3-9,12,19H,1-2H3. The summed E-state index contributed by atoms with van der Waals surface area (Å²) in [6.07, 6.45) is 0. The smallest absolute Gasteiger partial charge is 0.126 e. The molecule has 0 spiro atoms. The van der Waals surface area contributed by atoms with Crippen molar-refractivity contribution in [1.82, 2.24) is 0 Å². The maximum Gasteiger partial charge on any atom is 0.126 e. The normalized spacial score (nSPS) is 11.7. The average molecular weight is 254 g/mol. The lowest BCUT2D eigenvalue weighted by atomic mass is 10.1. The van der Waals surface area contributed by atoms with Crippen LogP contribution in [0.4, 0.5) is 10.1 Å². The molecule has 3 heteroatoms. The van der Waals surface area contributed by atoms with Gasteiger partial charge in [-0.15, -0.1) is 0 Å². The van der Waals surface area contributed by atoms with E-state index in [0.717, 1.165) is 11.3 Å². The third-order valence-electron chi connectivity index (χ3n) is 3.08. The van der Waals surface area contributed by atoms with Gasteiger partial charge in [0.15, 0.2) is 0 Å². The number of nitrogens with one attached hydrogen (secondary N) is 1. The van der Waals surface area contributed by atoms with Crippen LogP contribution in [0, 0.1) is 24.1 Å². The predicted molar refractivity (Wildman–Crippen MR) is 74.3 cm³/mol. The molecule has 1 unspecified atom stereocenters. The Bertz CT molecular complexity index is 612. The molecule has 0 bridgehead atoms. The van der Waals surface area contributed by atoms with E-state index in [4.69, 9.17) is 5.26 Å². The molecule has 1 N–H and O–H groups in total. The fourth-order valence-electron chi connectivity index (χ4n) is 1.91. The third kappa shape index (κ3) is 3.11. The van der Waals surface area contributed by atoms with Gasteiger partial charge in [0.25, 0.3) is 0 Å². The molecule has 1 atom stereocenters. The Morgan fingerprint density at radius 2 is 1.84 bits per heavy atom. The van der Waals surface area contributed by atoms with E-state index in [1.807, 2.05) is 19.1 Å². The fraction of sp³-hybridized carbons (Fsp3) is 0.188. The van der Waals surface area contributed by atoms with E-state index in [-0.39, 0.29) is 11.9 Å². The van der Waals surface area contributed by atoms with Crippen molar-refractivity contribution in [3.63, 3.8) is 0 Å². The van der Waals surface area contributed by atoms with Gasteiger partial charge in [0.05, 0.1) is 11.6 Å². The van der Waals surface area contributed by atoms with Gasteiger partial charge < -0.3 is 5.32 Å². The average Bonchev–Trinajstić information content (AvgIpc) is 2.43. The minimum Gasteiger partial charge on any atom is -0.379 e. The van der Waals surface area contributed by atoms with E-state index in [9.17, 15) is 4.39 Å². The highest BCUT2D eigenvalue weighted by Crippen LogP contribution is 2.21. The molecule has 2 aromatic carbocycles. The Morgan fingerprint density at radius 1 is 1.16 bits per heavy atom. The lowest BCUT2D eigenvalue weighted by Crippen LogP contribution is -2.06. The summed E-state index contributed by atoms with van der Waals surface area (Å²) in [7, 11) is 0. The highest BCUT2D eigenvalue weighted by molar-refractivity contribution is 5.48. The number of hydrogen-bond acceptors (Lipinski definition) is 2. The van der Waals surface area contributed by atoms with Gasteiger partial charge in [0.2, 0.25) is 0 Å². The first-order chi connectivity index (χ1) is 9.10. The summed E-state index contributed by atoms with van der Waals surface area (Å²) in [6, 6.07) is 14.6. The second-order valence-electron chi connectivity index (χ2n) is 4.56. The second-order valence-corrected chi connectivity index (χ2v) is 4.56. The Balaban J connectivity index is 2.13. The summed E-state index contributed by atoms with van der Waals surface area (Å²) in [5.74, 6) is -0.198. The molecule has 0 radical (unpaired) electrons. The number of halogens is 1. The zero-order chi connectivity index (χ0) is 13.8. The number of rotatable bonds is 3. The fourth-order valence-corrected chi connectivity index (χ4v) is 1.91. The van der Waals surface area contributed by atoms with Crippen LogP contribution in [0.1, 0.15) is 29.7 Å². The van der Waals surface area contributed by atoms with Crippen molar-refractivity contribution in [2.45, 2.75) is 19.9 Å². The number of hydrogen-bond donors (Lipinski definition) is 1. The van der Waals surface area contributed by atoms with Gasteiger partial charge in [-0.1, -0.05) is 12.1 Å². The predicted octanol–water partition coefficient (Wildman–Crippen LogP) is 4.18. The first-order valence-electron chi connectivity index (χ1n) is 6.13. The number of anilines is 1. The van der Waals surface area contributed by atoms with Crippen LogP contribution in [0.2, 0.25) is 0 Å². The molecule has 0 saturated carbocycles. The van der Waals surface area contributed by atoms with Crippen LogP contribution in [0.15, 0.2) is 42.5 Å². The molecule has 19 heavy (non-hydrogen) atoms. The highest BCUT2D eigenvalue weighted by Gasteiger charge is 2.06. The molecule has 2 nitrogen and oxygen atoms in total. The van der Waals surface area contributed by atoms with E-state index >= 15 is 0 Å². The van der Waals surface area contributed by atoms with Crippen molar-refractivity contribution in [3.05, 3.63) is 65.0 Å². The summed E-state index contributed by atoms with van der Waals surface area (Å²) in [4.78, 5) is 0. The summed E-state index contributed by atoms with van der Waals surface area (Å²) < 4.78 is 13.2. The minimum absolute atomic E-state index is 0.0950. The number of benzene rings is 2. The molecular weight excluding hydrogens is 239 g/mol. The number of nitrogens with zero attached hydrogens (tertiary/aromatic N) is 1. The Hall–Kier alpha value is -2.34. The monoisotopic (exact) mass is 254 g/mol. The van der Waals surface area contributed by atoms with Crippen LogP contribution < -0.4 is 5.32 Å². The zero-order valence-electron chi connectivity index (χ0n) is 10.9. The summed E-state index contributed by atoms with van der Waals surface area (Å²) in [5.41, 5.74) is 3.24. The molecule has 0 fully saturated rings. The lowest BCUT2D eigenvalue weighted by molar-refractivity contribution is 0.618. The Labute approximate surface area is 112 Å². The number of aryl methyl sites for hydroxylation is 1. The van der Waals surface area contributed by atoms with Crippen molar-refractivity contribution in [1.29, 1.82) is 5.26 Å². The molecule has 0 aliphatic heterocycles. The molecule has 0 saturated heterocycles. The molecule has 0 aliphatic rings. The maximum atomic E-state index is 13.2. The van der Waals surface area contributed by atoms with Gasteiger partial charge in [-0.2, -0.15) is 5.26 Å². The minimum atomic E-state index is -0.198. The van der Waals surface area contributed by atoms with Gasteiger partial charge in [-0.25, -0.2) is 4.39 Å². The van der Waals surface area contributed by atoms with Gasteiger partial charge in [0.1, 0.15) is 5.82 Å². The van der Waals surface area contributed by atoms with E-state index in [1.165, 1.54) is 6.07 Å². The van der Waals surface area contributed by atoms with E-state index in [1.54, 1.807) is 31.2 Å². The summed E-state index contributed by atoms with van der Waals surface area (Å²) >= 11 is 0. The molecular formula is C16H15FN2. The van der Waals surface area contributed by atoms with Crippen LogP contribution in [0.3, 0.4) is 0 Å². The van der Waals surface area contributed by atoms with Crippen LogP contribution in [0.25, 0.3) is 0 Å². The summed E-state index contributed by atoms with van der Waals surface area (Å²) in [5, 5.41) is 12.1. The van der Waals surface area contributed by atoms with Gasteiger partial charge in [-0.3, -0.25) is 0 Å². The van der Waals surface area contributed by atoms with Gasteiger partial charge in [0, 0.05) is 11.7 Å². The van der Waals surface area contributed by atoms with Gasteiger partial charge in [-0.05, 0) is 55.3 Å². The first-order valence-corrected chi connectivity index (χ1v) is 6.13. The third-order valence-corrected chi connectivity index (χ3v) is 3.08. The molecule has 2 rings (SSSR count). The van der Waals surface area contributed by atoms with E-state index in [0.29, 0.717) is 11.1 Å². The second kappa shape index (κ2) is 5.53. The molecule has 2 aromatic rings. The van der Waals surface area contributed by atoms with E-state index in [2.05, 4.69) is 11.4 Å². The zero-order valence-corrected chi connectivity index (χ0v) is 10.9. The summed E-state index contributed by atoms with van der Waals surface area (Å²) in [6.45, 7) is 3.77. The van der Waals surface area contributed by atoms with Crippen molar-refractivity contribution < 1.29 is 4.39 Å². The maximum absolute atomic E-state index is 13.2. The SMILES string of the molecule is Cc1cc(NC(C)c2ccc(C#N)cc2)ccc1F. The first kappa shape index (κ1) is 13.1. The Morgan fingerprint density at radius 3 is 2.42 bits per heavy atom. The molecule has 0 heterocycles. The quantitative estimate of drug-likeness (QED) is 0.891. The van der Waals surface area contributed by atoms with Crippen molar-refractivity contribution in [2.24, 2.45) is 0 Å². The molecule has 96 valence electrons. The van der Waals surface area contributed by atoms with Crippen molar-refractivity contribution >= 4 is 5.69 Å². The molecule has 0 aliphatic carbocycles. The molecule has 0 aromatic heterocycles. The van der Waals surface area contributed by atoms with Crippen LogP contribution in [-0.2, 0) is 0 Å². The molecule has 0 amide bonds. The largest absolute Gasteiger partial charge is 0.379 e.